The SMILES string of the molecule is CCCCS(=O)(=O)N(CCN)Cc1ccccc1. The van der Waals surface area contributed by atoms with E-state index in [-0.39, 0.29) is 5.75 Å². The number of hydrogen-bond acceptors (Lipinski definition) is 3. The van der Waals surface area contributed by atoms with Gasteiger partial charge in [-0.15, -0.1) is 0 Å². The molecule has 0 aromatic heterocycles. The maximum Gasteiger partial charge on any atom is 0.214 e. The normalized spacial score (nSPS) is 11.9. The number of sulfonamides is 1. The van der Waals surface area contributed by atoms with Crippen molar-refractivity contribution in [2.75, 3.05) is 18.8 Å². The van der Waals surface area contributed by atoms with Crippen molar-refractivity contribution in [3.8, 4) is 0 Å². The van der Waals surface area contributed by atoms with E-state index in [2.05, 4.69) is 0 Å². The fourth-order valence-corrected chi connectivity index (χ4v) is 3.34. The van der Waals surface area contributed by atoms with E-state index in [4.69, 9.17) is 5.73 Å². The van der Waals surface area contributed by atoms with Crippen molar-refractivity contribution in [3.63, 3.8) is 0 Å². The van der Waals surface area contributed by atoms with Crippen LogP contribution >= 0.6 is 0 Å². The Kier molecular flexibility index (Phi) is 6.32. The van der Waals surface area contributed by atoms with E-state index in [1.165, 1.54) is 4.31 Å². The summed E-state index contributed by atoms with van der Waals surface area (Å²) in [6.45, 7) is 3.11. The second-order valence-corrected chi connectivity index (χ2v) is 6.37. The Morgan fingerprint density at radius 1 is 1.22 bits per heavy atom. The molecule has 2 N–H and O–H groups in total. The Morgan fingerprint density at radius 3 is 2.44 bits per heavy atom. The zero-order valence-electron chi connectivity index (χ0n) is 10.9. The fraction of sp³-hybridized carbons (Fsp3) is 0.538. The molecule has 1 rings (SSSR count). The highest BCUT2D eigenvalue weighted by atomic mass is 32.2. The van der Waals surface area contributed by atoms with Gasteiger partial charge in [-0.05, 0) is 12.0 Å². The summed E-state index contributed by atoms with van der Waals surface area (Å²) in [4.78, 5) is 0. The van der Waals surface area contributed by atoms with Crippen LogP contribution in [0.1, 0.15) is 25.3 Å². The van der Waals surface area contributed by atoms with Crippen LogP contribution in [0.15, 0.2) is 30.3 Å². The average Bonchev–Trinajstić information content (AvgIpc) is 2.37. The van der Waals surface area contributed by atoms with E-state index >= 15 is 0 Å². The Bertz CT molecular complexity index is 432. The Hall–Kier alpha value is -0.910. The molecular weight excluding hydrogens is 248 g/mol. The monoisotopic (exact) mass is 270 g/mol. The highest BCUT2D eigenvalue weighted by Crippen LogP contribution is 2.10. The number of unbranched alkanes of at least 4 members (excludes halogenated alkanes) is 1. The summed E-state index contributed by atoms with van der Waals surface area (Å²) in [5.74, 6) is 0.205. The number of rotatable bonds is 8. The van der Waals surface area contributed by atoms with Gasteiger partial charge in [-0.2, -0.15) is 4.31 Å². The maximum absolute atomic E-state index is 12.2. The van der Waals surface area contributed by atoms with Gasteiger partial charge in [-0.1, -0.05) is 43.7 Å². The van der Waals surface area contributed by atoms with E-state index in [0.29, 0.717) is 26.1 Å². The van der Waals surface area contributed by atoms with Gasteiger partial charge in [0.15, 0.2) is 0 Å². The van der Waals surface area contributed by atoms with Crippen molar-refractivity contribution >= 4 is 10.0 Å². The number of nitrogens with zero attached hydrogens (tertiary/aromatic N) is 1. The molecule has 0 aliphatic rings. The van der Waals surface area contributed by atoms with Crippen LogP contribution in [-0.2, 0) is 16.6 Å². The average molecular weight is 270 g/mol. The zero-order chi connectivity index (χ0) is 13.4. The zero-order valence-corrected chi connectivity index (χ0v) is 11.7. The smallest absolute Gasteiger partial charge is 0.214 e. The molecule has 4 nitrogen and oxygen atoms in total. The van der Waals surface area contributed by atoms with E-state index in [1.54, 1.807) is 0 Å². The minimum absolute atomic E-state index is 0.205. The van der Waals surface area contributed by atoms with E-state index in [9.17, 15) is 8.42 Å². The maximum atomic E-state index is 12.2. The van der Waals surface area contributed by atoms with Crippen LogP contribution in [0, 0.1) is 0 Å². The summed E-state index contributed by atoms with van der Waals surface area (Å²) in [5.41, 5.74) is 6.49. The summed E-state index contributed by atoms with van der Waals surface area (Å²) in [5, 5.41) is 0. The minimum atomic E-state index is -3.19. The van der Waals surface area contributed by atoms with Gasteiger partial charge in [0.05, 0.1) is 5.75 Å². The summed E-state index contributed by atoms with van der Waals surface area (Å²) in [7, 11) is -3.19. The van der Waals surface area contributed by atoms with Crippen molar-refractivity contribution in [1.82, 2.24) is 4.31 Å². The van der Waals surface area contributed by atoms with Gasteiger partial charge >= 0.3 is 0 Å². The first-order valence-electron chi connectivity index (χ1n) is 6.32. The Labute approximate surface area is 110 Å². The fourth-order valence-electron chi connectivity index (χ4n) is 1.70. The molecule has 0 radical (unpaired) electrons. The molecule has 0 bridgehead atoms. The predicted octanol–water partition coefficient (Wildman–Crippen LogP) is 1.58. The van der Waals surface area contributed by atoms with Gasteiger partial charge in [0.1, 0.15) is 0 Å². The lowest BCUT2D eigenvalue weighted by molar-refractivity contribution is 0.413. The van der Waals surface area contributed by atoms with Crippen LogP contribution in [0.25, 0.3) is 0 Å². The highest BCUT2D eigenvalue weighted by molar-refractivity contribution is 7.89. The summed E-state index contributed by atoms with van der Waals surface area (Å²) < 4.78 is 25.8. The lowest BCUT2D eigenvalue weighted by atomic mass is 10.2. The molecule has 0 aliphatic carbocycles. The molecule has 0 saturated carbocycles. The molecule has 102 valence electrons. The second kappa shape index (κ2) is 7.51. The highest BCUT2D eigenvalue weighted by Gasteiger charge is 2.20. The molecule has 1 aromatic carbocycles. The van der Waals surface area contributed by atoms with Gasteiger partial charge in [0, 0.05) is 19.6 Å². The van der Waals surface area contributed by atoms with Crippen LogP contribution < -0.4 is 5.73 Å². The third-order valence-electron chi connectivity index (χ3n) is 2.73. The molecule has 0 amide bonds. The van der Waals surface area contributed by atoms with Crippen molar-refractivity contribution in [1.29, 1.82) is 0 Å². The van der Waals surface area contributed by atoms with Gasteiger partial charge < -0.3 is 5.73 Å². The van der Waals surface area contributed by atoms with E-state index < -0.39 is 10.0 Å². The van der Waals surface area contributed by atoms with Gasteiger partial charge in [0.25, 0.3) is 0 Å². The molecule has 18 heavy (non-hydrogen) atoms. The molecule has 0 unspecified atom stereocenters. The topological polar surface area (TPSA) is 63.4 Å². The molecule has 0 saturated heterocycles. The van der Waals surface area contributed by atoms with Crippen LogP contribution in [0.3, 0.4) is 0 Å². The van der Waals surface area contributed by atoms with Crippen LogP contribution in [0.5, 0.6) is 0 Å². The standard InChI is InChI=1S/C13H22N2O2S/c1-2-3-11-18(16,17)15(10-9-14)12-13-7-5-4-6-8-13/h4-8H,2-3,9-12,14H2,1H3. The quantitative estimate of drug-likeness (QED) is 0.780. The van der Waals surface area contributed by atoms with Crippen LogP contribution in [-0.4, -0.2) is 31.6 Å². The molecule has 5 heteroatoms. The first kappa shape index (κ1) is 15.1. The lowest BCUT2D eigenvalue weighted by Gasteiger charge is -2.21. The van der Waals surface area contributed by atoms with Gasteiger partial charge in [-0.25, -0.2) is 8.42 Å². The van der Waals surface area contributed by atoms with Crippen LogP contribution in [0.2, 0.25) is 0 Å². The van der Waals surface area contributed by atoms with Crippen molar-refractivity contribution in [3.05, 3.63) is 35.9 Å². The predicted molar refractivity (Wildman–Crippen MR) is 74.6 cm³/mol. The Morgan fingerprint density at radius 2 is 1.89 bits per heavy atom. The van der Waals surface area contributed by atoms with Crippen molar-refractivity contribution in [2.24, 2.45) is 5.73 Å². The number of hydrogen-bond donors (Lipinski definition) is 1. The first-order valence-corrected chi connectivity index (χ1v) is 7.93. The summed E-state index contributed by atoms with van der Waals surface area (Å²) in [6.07, 6.45) is 1.57. The second-order valence-electron chi connectivity index (χ2n) is 4.28. The number of nitrogens with two attached hydrogens (primary N) is 1. The minimum Gasteiger partial charge on any atom is -0.329 e. The largest absolute Gasteiger partial charge is 0.329 e. The van der Waals surface area contributed by atoms with E-state index in [1.807, 2.05) is 37.3 Å². The molecule has 0 fully saturated rings. The first-order chi connectivity index (χ1) is 8.60. The molecule has 0 aliphatic heterocycles. The van der Waals surface area contributed by atoms with Gasteiger partial charge in [0.2, 0.25) is 10.0 Å². The molecular formula is C13H22N2O2S. The summed E-state index contributed by atoms with van der Waals surface area (Å²) >= 11 is 0. The van der Waals surface area contributed by atoms with Crippen molar-refractivity contribution < 1.29 is 8.42 Å². The molecule has 1 aromatic rings. The lowest BCUT2D eigenvalue weighted by Crippen LogP contribution is -2.36. The van der Waals surface area contributed by atoms with E-state index in [0.717, 1.165) is 12.0 Å². The van der Waals surface area contributed by atoms with Crippen LogP contribution in [0.4, 0.5) is 0 Å². The Balaban J connectivity index is 2.76. The molecule has 0 atom stereocenters. The third-order valence-corrected chi connectivity index (χ3v) is 4.63. The molecule has 0 heterocycles. The summed E-state index contributed by atoms with van der Waals surface area (Å²) in [6, 6.07) is 9.60. The van der Waals surface area contributed by atoms with Crippen molar-refractivity contribution in [2.45, 2.75) is 26.3 Å². The number of benzene rings is 1. The molecule has 0 spiro atoms. The van der Waals surface area contributed by atoms with Gasteiger partial charge in [-0.3, -0.25) is 0 Å². The third kappa shape index (κ3) is 4.76.